The molecule has 2 rings (SSSR count). The van der Waals surface area contributed by atoms with Crippen LogP contribution in [0, 0.1) is 0 Å². The van der Waals surface area contributed by atoms with Crippen LogP contribution in [0.15, 0.2) is 35.3 Å². The van der Waals surface area contributed by atoms with Gasteiger partial charge in [-0.3, -0.25) is 9.79 Å². The highest BCUT2D eigenvalue weighted by Crippen LogP contribution is 2.17. The fourth-order valence-corrected chi connectivity index (χ4v) is 3.38. The Morgan fingerprint density at radius 2 is 2.07 bits per heavy atom. The third kappa shape index (κ3) is 7.21. The first kappa shape index (κ1) is 21.2. The Balaban J connectivity index is 1.75. The van der Waals surface area contributed by atoms with Crippen LogP contribution in [0.2, 0.25) is 0 Å². The molecule has 1 aliphatic heterocycles. The molecule has 150 valence electrons. The lowest BCUT2D eigenvalue weighted by Crippen LogP contribution is -2.44. The van der Waals surface area contributed by atoms with Gasteiger partial charge in [0.25, 0.3) is 0 Å². The van der Waals surface area contributed by atoms with E-state index in [4.69, 9.17) is 0 Å². The zero-order chi connectivity index (χ0) is 19.5. The standard InChI is InChI=1S/C21H34N4O2/c1-3-22-21(23-14-12-19(26)18-10-5-4-6-11-18)24-15-13-20(27)25-16-8-7-9-17(25)2/h4-6,10-11,17,19,26H,3,7-9,12-16H2,1-2H3,(H2,22,23,24). The lowest BCUT2D eigenvalue weighted by Gasteiger charge is -2.33. The number of aliphatic imine (C=N–C) groups is 1. The number of benzene rings is 1. The minimum Gasteiger partial charge on any atom is -0.388 e. The Bertz CT molecular complexity index is 591. The van der Waals surface area contributed by atoms with Crippen molar-refractivity contribution >= 4 is 11.9 Å². The second kappa shape index (κ2) is 11.6. The largest absolute Gasteiger partial charge is 0.388 e. The van der Waals surface area contributed by atoms with Gasteiger partial charge in [0.1, 0.15) is 0 Å². The molecule has 1 saturated heterocycles. The molecular formula is C21H34N4O2. The van der Waals surface area contributed by atoms with Crippen molar-refractivity contribution in [3.8, 4) is 0 Å². The predicted octanol–water partition coefficient (Wildman–Crippen LogP) is 2.46. The Kier molecular flexibility index (Phi) is 9.11. The van der Waals surface area contributed by atoms with Crippen LogP contribution in [0.1, 0.15) is 57.6 Å². The molecule has 2 unspecified atom stereocenters. The lowest BCUT2D eigenvalue weighted by atomic mass is 10.0. The fraction of sp³-hybridized carbons (Fsp3) is 0.619. The summed E-state index contributed by atoms with van der Waals surface area (Å²) in [4.78, 5) is 18.9. The highest BCUT2D eigenvalue weighted by molar-refractivity contribution is 5.81. The Morgan fingerprint density at radius 1 is 1.30 bits per heavy atom. The van der Waals surface area contributed by atoms with Crippen molar-refractivity contribution in [2.45, 2.75) is 58.1 Å². The summed E-state index contributed by atoms with van der Waals surface area (Å²) in [6.07, 6.45) is 3.95. The van der Waals surface area contributed by atoms with Crippen molar-refractivity contribution in [1.82, 2.24) is 15.5 Å². The van der Waals surface area contributed by atoms with E-state index < -0.39 is 6.10 Å². The maximum atomic E-state index is 12.4. The van der Waals surface area contributed by atoms with E-state index in [0.29, 0.717) is 37.9 Å². The zero-order valence-electron chi connectivity index (χ0n) is 16.7. The third-order valence-electron chi connectivity index (χ3n) is 4.96. The van der Waals surface area contributed by atoms with Crippen molar-refractivity contribution < 1.29 is 9.90 Å². The molecule has 3 N–H and O–H groups in total. The quantitative estimate of drug-likeness (QED) is 0.483. The normalized spacial score (nSPS) is 18.9. The van der Waals surface area contributed by atoms with E-state index in [1.54, 1.807) is 0 Å². The zero-order valence-corrected chi connectivity index (χ0v) is 16.7. The van der Waals surface area contributed by atoms with E-state index in [-0.39, 0.29) is 5.91 Å². The predicted molar refractivity (Wildman–Crippen MR) is 110 cm³/mol. The highest BCUT2D eigenvalue weighted by atomic mass is 16.3. The van der Waals surface area contributed by atoms with Gasteiger partial charge < -0.3 is 20.6 Å². The number of hydrogen-bond donors (Lipinski definition) is 3. The average Bonchev–Trinajstić information content (AvgIpc) is 2.68. The molecule has 6 heteroatoms. The summed E-state index contributed by atoms with van der Waals surface area (Å²) < 4.78 is 0. The van der Waals surface area contributed by atoms with Gasteiger partial charge in [0, 0.05) is 38.6 Å². The molecule has 1 aromatic carbocycles. The molecule has 1 heterocycles. The number of guanidine groups is 1. The molecule has 1 aliphatic rings. The summed E-state index contributed by atoms with van der Waals surface area (Å²) >= 11 is 0. The van der Waals surface area contributed by atoms with Crippen LogP contribution in [0.4, 0.5) is 0 Å². The first-order valence-corrected chi connectivity index (χ1v) is 10.2. The number of carbonyl (C=O) groups is 1. The number of nitrogens with zero attached hydrogens (tertiary/aromatic N) is 2. The molecule has 0 aromatic heterocycles. The molecule has 1 fully saturated rings. The molecular weight excluding hydrogens is 340 g/mol. The van der Waals surface area contributed by atoms with Gasteiger partial charge in [-0.25, -0.2) is 0 Å². The molecule has 0 bridgehead atoms. The van der Waals surface area contributed by atoms with Crippen molar-refractivity contribution in [2.75, 3.05) is 26.2 Å². The fourth-order valence-electron chi connectivity index (χ4n) is 3.38. The van der Waals surface area contributed by atoms with Gasteiger partial charge >= 0.3 is 0 Å². The molecule has 0 aliphatic carbocycles. The summed E-state index contributed by atoms with van der Waals surface area (Å²) in [5.41, 5.74) is 0.909. The van der Waals surface area contributed by atoms with E-state index >= 15 is 0 Å². The van der Waals surface area contributed by atoms with Crippen LogP contribution in [0.3, 0.4) is 0 Å². The van der Waals surface area contributed by atoms with E-state index in [1.165, 1.54) is 6.42 Å². The summed E-state index contributed by atoms with van der Waals surface area (Å²) in [5.74, 6) is 0.905. The minimum absolute atomic E-state index is 0.213. The van der Waals surface area contributed by atoms with Gasteiger partial charge in [-0.05, 0) is 45.1 Å². The SMILES string of the molecule is CCNC(=NCCC(O)c1ccccc1)NCCC(=O)N1CCCCC1C. The first-order valence-electron chi connectivity index (χ1n) is 10.2. The molecule has 1 aromatic rings. The van der Waals surface area contributed by atoms with Gasteiger partial charge in [0.15, 0.2) is 5.96 Å². The van der Waals surface area contributed by atoms with Gasteiger partial charge in [0.05, 0.1) is 6.10 Å². The molecule has 0 spiro atoms. The second-order valence-electron chi connectivity index (χ2n) is 7.08. The average molecular weight is 375 g/mol. The Morgan fingerprint density at radius 3 is 2.78 bits per heavy atom. The number of nitrogens with one attached hydrogen (secondary N) is 2. The van der Waals surface area contributed by atoms with Gasteiger partial charge in [-0.1, -0.05) is 30.3 Å². The Hall–Kier alpha value is -2.08. The van der Waals surface area contributed by atoms with Crippen molar-refractivity contribution in [1.29, 1.82) is 0 Å². The molecule has 2 atom stereocenters. The van der Waals surface area contributed by atoms with E-state index in [1.807, 2.05) is 42.2 Å². The smallest absolute Gasteiger partial charge is 0.224 e. The summed E-state index contributed by atoms with van der Waals surface area (Å²) in [7, 11) is 0. The number of amides is 1. The number of piperidine rings is 1. The highest BCUT2D eigenvalue weighted by Gasteiger charge is 2.22. The van der Waals surface area contributed by atoms with Crippen LogP contribution in [-0.2, 0) is 4.79 Å². The number of carbonyl (C=O) groups excluding carboxylic acids is 1. The minimum atomic E-state index is -0.514. The van der Waals surface area contributed by atoms with E-state index in [0.717, 1.165) is 31.5 Å². The van der Waals surface area contributed by atoms with E-state index in [9.17, 15) is 9.90 Å². The molecule has 27 heavy (non-hydrogen) atoms. The van der Waals surface area contributed by atoms with Crippen LogP contribution in [-0.4, -0.2) is 54.1 Å². The van der Waals surface area contributed by atoms with Crippen molar-refractivity contribution in [3.63, 3.8) is 0 Å². The molecule has 1 amide bonds. The molecule has 0 radical (unpaired) electrons. The number of hydrogen-bond acceptors (Lipinski definition) is 3. The first-order chi connectivity index (χ1) is 13.1. The lowest BCUT2D eigenvalue weighted by molar-refractivity contribution is -0.134. The maximum Gasteiger partial charge on any atom is 0.224 e. The van der Waals surface area contributed by atoms with Crippen molar-refractivity contribution in [2.24, 2.45) is 4.99 Å². The summed E-state index contributed by atoms with van der Waals surface area (Å²) in [6.45, 7) is 6.86. The third-order valence-corrected chi connectivity index (χ3v) is 4.96. The maximum absolute atomic E-state index is 12.4. The van der Waals surface area contributed by atoms with Crippen LogP contribution >= 0.6 is 0 Å². The monoisotopic (exact) mass is 374 g/mol. The molecule has 6 nitrogen and oxygen atoms in total. The van der Waals surface area contributed by atoms with Gasteiger partial charge in [0.2, 0.25) is 5.91 Å². The van der Waals surface area contributed by atoms with Crippen LogP contribution < -0.4 is 10.6 Å². The number of rotatable bonds is 8. The van der Waals surface area contributed by atoms with Gasteiger partial charge in [-0.15, -0.1) is 0 Å². The summed E-state index contributed by atoms with van der Waals surface area (Å²) in [5, 5.41) is 16.6. The Labute approximate surface area is 163 Å². The van der Waals surface area contributed by atoms with Crippen LogP contribution in [0.5, 0.6) is 0 Å². The topological polar surface area (TPSA) is 77.0 Å². The van der Waals surface area contributed by atoms with Crippen LogP contribution in [0.25, 0.3) is 0 Å². The molecule has 0 saturated carbocycles. The second-order valence-corrected chi connectivity index (χ2v) is 7.08. The number of aliphatic hydroxyl groups excluding tert-OH is 1. The van der Waals surface area contributed by atoms with E-state index in [2.05, 4.69) is 22.5 Å². The number of likely N-dealkylation sites (tertiary alicyclic amines) is 1. The van der Waals surface area contributed by atoms with Crippen molar-refractivity contribution in [3.05, 3.63) is 35.9 Å². The number of aliphatic hydroxyl groups is 1. The van der Waals surface area contributed by atoms with Gasteiger partial charge in [-0.2, -0.15) is 0 Å². The summed E-state index contributed by atoms with van der Waals surface area (Å²) in [6, 6.07) is 9.98.